The monoisotopic (exact) mass is 498 g/mol. The Hall–Kier alpha value is -4.04. The number of anilines is 2. The summed E-state index contributed by atoms with van der Waals surface area (Å²) in [5.41, 5.74) is 3.80. The highest BCUT2D eigenvalue weighted by atomic mass is 32.1. The fraction of sp³-hybridized carbons (Fsp3) is 0.214. The molecular weight excluding hydrogens is 472 g/mol. The van der Waals surface area contributed by atoms with Crippen LogP contribution in [0.4, 0.5) is 11.4 Å². The van der Waals surface area contributed by atoms with Gasteiger partial charge in [0.25, 0.3) is 5.91 Å². The number of para-hydroxylation sites is 1. The number of carbonyl (C=O) groups excluding carboxylic acids is 2. The highest BCUT2D eigenvalue weighted by molar-refractivity contribution is 7.13. The number of likely N-dealkylation sites (N-methyl/N-ethyl adjacent to an activating group) is 1. The fourth-order valence-electron chi connectivity index (χ4n) is 4.25. The zero-order valence-corrected chi connectivity index (χ0v) is 20.9. The van der Waals surface area contributed by atoms with Crippen LogP contribution in [0.5, 0.6) is 5.75 Å². The van der Waals surface area contributed by atoms with Crippen LogP contribution in [0.25, 0.3) is 22.0 Å². The molecule has 182 valence electrons. The van der Waals surface area contributed by atoms with E-state index in [0.29, 0.717) is 24.4 Å². The molecule has 7 nitrogen and oxygen atoms in total. The van der Waals surface area contributed by atoms with E-state index in [0.717, 1.165) is 27.6 Å². The van der Waals surface area contributed by atoms with Crippen molar-refractivity contribution < 1.29 is 14.3 Å². The van der Waals surface area contributed by atoms with Crippen molar-refractivity contribution in [1.29, 1.82) is 0 Å². The van der Waals surface area contributed by atoms with E-state index in [1.54, 1.807) is 16.0 Å². The number of benzene rings is 2. The van der Waals surface area contributed by atoms with E-state index >= 15 is 0 Å². The predicted molar refractivity (Wildman–Crippen MR) is 142 cm³/mol. The van der Waals surface area contributed by atoms with Crippen molar-refractivity contribution in [1.82, 2.24) is 9.97 Å². The third-order valence-electron chi connectivity index (χ3n) is 6.09. The first-order valence-corrected chi connectivity index (χ1v) is 12.8. The van der Waals surface area contributed by atoms with Crippen LogP contribution in [0.3, 0.4) is 0 Å². The Kier molecular flexibility index (Phi) is 6.77. The maximum absolute atomic E-state index is 13.4. The molecule has 1 atom stereocenters. The van der Waals surface area contributed by atoms with E-state index < -0.39 is 6.10 Å². The van der Waals surface area contributed by atoms with E-state index in [1.807, 2.05) is 86.0 Å². The number of amides is 2. The summed E-state index contributed by atoms with van der Waals surface area (Å²) in [6, 6.07) is 20.9. The molecule has 8 heteroatoms. The Morgan fingerprint density at radius 1 is 1.06 bits per heavy atom. The average molecular weight is 499 g/mol. The number of aromatic nitrogens is 2. The lowest BCUT2D eigenvalue weighted by molar-refractivity contribution is -0.128. The summed E-state index contributed by atoms with van der Waals surface area (Å²) in [6.45, 7) is 4.25. The number of carbonyl (C=O) groups is 2. The van der Waals surface area contributed by atoms with Gasteiger partial charge in [0.1, 0.15) is 17.3 Å². The van der Waals surface area contributed by atoms with E-state index in [1.165, 1.54) is 11.3 Å². The van der Waals surface area contributed by atoms with Gasteiger partial charge in [0, 0.05) is 29.4 Å². The number of pyridine rings is 1. The molecule has 36 heavy (non-hydrogen) atoms. The maximum atomic E-state index is 13.4. The molecule has 5 rings (SSSR count). The van der Waals surface area contributed by atoms with Gasteiger partial charge >= 0.3 is 0 Å². The average Bonchev–Trinajstić information content (AvgIpc) is 3.42. The van der Waals surface area contributed by atoms with Crippen molar-refractivity contribution in [3.05, 3.63) is 78.3 Å². The van der Waals surface area contributed by atoms with Crippen molar-refractivity contribution in [2.45, 2.75) is 26.4 Å². The van der Waals surface area contributed by atoms with Gasteiger partial charge in [-0.25, -0.2) is 4.98 Å². The molecule has 1 aliphatic rings. The van der Waals surface area contributed by atoms with Crippen molar-refractivity contribution in [2.75, 3.05) is 22.9 Å². The molecule has 2 aromatic heterocycles. The molecule has 0 spiro atoms. The zero-order chi connectivity index (χ0) is 25.1. The van der Waals surface area contributed by atoms with Gasteiger partial charge in [0.15, 0.2) is 6.10 Å². The topological polar surface area (TPSA) is 75.6 Å². The molecule has 0 N–H and O–H groups in total. The van der Waals surface area contributed by atoms with E-state index in [4.69, 9.17) is 9.72 Å². The van der Waals surface area contributed by atoms with Gasteiger partial charge in [0.2, 0.25) is 5.91 Å². The van der Waals surface area contributed by atoms with Crippen LogP contribution in [0.2, 0.25) is 0 Å². The SMILES string of the molecule is CCC1Oc2ccc(-c3csc(-c4ccccn4)n3)cc2N(CC(=O)N(CC)c2ccccc2)C1=O. The van der Waals surface area contributed by atoms with Crippen LogP contribution in [0, 0.1) is 0 Å². The Labute approximate surface area is 214 Å². The highest BCUT2D eigenvalue weighted by Crippen LogP contribution is 2.39. The molecule has 0 bridgehead atoms. The van der Waals surface area contributed by atoms with Crippen LogP contribution >= 0.6 is 11.3 Å². The third-order valence-corrected chi connectivity index (χ3v) is 6.96. The van der Waals surface area contributed by atoms with Crippen molar-refractivity contribution in [2.24, 2.45) is 0 Å². The maximum Gasteiger partial charge on any atom is 0.268 e. The fourth-order valence-corrected chi connectivity index (χ4v) is 5.05. The first kappa shape index (κ1) is 23.7. The molecule has 0 saturated carbocycles. The summed E-state index contributed by atoms with van der Waals surface area (Å²) in [5, 5.41) is 2.78. The summed E-state index contributed by atoms with van der Waals surface area (Å²) < 4.78 is 6.00. The quantitative estimate of drug-likeness (QED) is 0.340. The lowest BCUT2D eigenvalue weighted by atomic mass is 10.1. The van der Waals surface area contributed by atoms with Gasteiger partial charge in [-0.15, -0.1) is 11.3 Å². The molecule has 0 radical (unpaired) electrons. The van der Waals surface area contributed by atoms with Crippen molar-refractivity contribution >= 4 is 34.5 Å². The lowest BCUT2D eigenvalue weighted by Crippen LogP contribution is -2.50. The molecule has 4 aromatic rings. The number of ether oxygens (including phenoxy) is 1. The minimum Gasteiger partial charge on any atom is -0.478 e. The van der Waals surface area contributed by atoms with Crippen molar-refractivity contribution in [3.63, 3.8) is 0 Å². The number of hydrogen-bond donors (Lipinski definition) is 0. The second-order valence-corrected chi connectivity index (χ2v) is 9.21. The van der Waals surface area contributed by atoms with Gasteiger partial charge in [0.05, 0.1) is 17.1 Å². The number of nitrogens with zero attached hydrogens (tertiary/aromatic N) is 4. The predicted octanol–water partition coefficient (Wildman–Crippen LogP) is 5.43. The largest absolute Gasteiger partial charge is 0.478 e. The molecule has 1 aliphatic heterocycles. The van der Waals surface area contributed by atoms with Gasteiger partial charge in [-0.05, 0) is 55.8 Å². The number of fused-ring (bicyclic) bond motifs is 1. The highest BCUT2D eigenvalue weighted by Gasteiger charge is 2.35. The van der Waals surface area contributed by atoms with Gasteiger partial charge < -0.3 is 9.64 Å². The molecule has 2 aromatic carbocycles. The second-order valence-electron chi connectivity index (χ2n) is 8.35. The van der Waals surface area contributed by atoms with Gasteiger partial charge in [-0.1, -0.05) is 31.2 Å². The summed E-state index contributed by atoms with van der Waals surface area (Å²) >= 11 is 1.51. The first-order chi connectivity index (χ1) is 17.6. The summed E-state index contributed by atoms with van der Waals surface area (Å²) in [6.07, 6.45) is 1.63. The first-order valence-electron chi connectivity index (χ1n) is 11.9. The van der Waals surface area contributed by atoms with Crippen LogP contribution < -0.4 is 14.5 Å². The van der Waals surface area contributed by atoms with Gasteiger partial charge in [-0.2, -0.15) is 0 Å². The van der Waals surface area contributed by atoms with Crippen LogP contribution in [0.15, 0.2) is 78.3 Å². The lowest BCUT2D eigenvalue weighted by Gasteiger charge is -2.35. The van der Waals surface area contributed by atoms with Gasteiger partial charge in [-0.3, -0.25) is 19.5 Å². The summed E-state index contributed by atoms with van der Waals surface area (Å²) in [7, 11) is 0. The number of hydrogen-bond acceptors (Lipinski definition) is 6. The minimum atomic E-state index is -0.627. The molecule has 0 fully saturated rings. The van der Waals surface area contributed by atoms with Crippen molar-refractivity contribution in [3.8, 4) is 27.7 Å². The molecule has 1 unspecified atom stereocenters. The number of rotatable bonds is 7. The summed E-state index contributed by atoms with van der Waals surface area (Å²) in [5.74, 6) is 0.212. The Bertz CT molecular complexity index is 1370. The molecular formula is C28H26N4O3S. The molecule has 2 amide bonds. The minimum absolute atomic E-state index is 0.0753. The van der Waals surface area contributed by atoms with E-state index in [-0.39, 0.29) is 18.4 Å². The standard InChI is InChI=1S/C28H26N4O3S/c1-3-24-28(34)32(17-26(33)31(4-2)20-10-6-5-7-11-20)23-16-19(13-14-25(23)35-24)22-18-36-27(30-22)21-12-8-9-15-29-21/h5-16,18,24H,3-4,17H2,1-2H3. The Morgan fingerprint density at radius 3 is 2.58 bits per heavy atom. The van der Waals surface area contributed by atoms with Crippen LogP contribution in [-0.2, 0) is 9.59 Å². The molecule has 3 heterocycles. The molecule has 0 aliphatic carbocycles. The van der Waals surface area contributed by atoms with E-state index in [9.17, 15) is 9.59 Å². The third kappa shape index (κ3) is 4.59. The van der Waals surface area contributed by atoms with E-state index in [2.05, 4.69) is 4.98 Å². The number of thiazole rings is 1. The zero-order valence-electron chi connectivity index (χ0n) is 20.1. The second kappa shape index (κ2) is 10.3. The van der Waals surface area contributed by atoms with Crippen LogP contribution in [-0.4, -0.2) is 41.0 Å². The smallest absolute Gasteiger partial charge is 0.268 e. The Balaban J connectivity index is 1.48. The molecule has 0 saturated heterocycles. The Morgan fingerprint density at radius 2 is 1.86 bits per heavy atom. The summed E-state index contributed by atoms with van der Waals surface area (Å²) in [4.78, 5) is 39.1. The normalized spacial score (nSPS) is 14.8. The van der Waals surface area contributed by atoms with Crippen LogP contribution in [0.1, 0.15) is 20.3 Å².